The van der Waals surface area contributed by atoms with E-state index in [2.05, 4.69) is 6.92 Å². The molecule has 0 amide bonds. The first-order chi connectivity index (χ1) is 5.20. The first-order valence-electron chi connectivity index (χ1n) is 4.72. The van der Waals surface area contributed by atoms with Crippen molar-refractivity contribution in [1.29, 1.82) is 0 Å². The first-order valence-corrected chi connectivity index (χ1v) is 4.72. The molecule has 0 unspecified atom stereocenters. The lowest BCUT2D eigenvalue weighted by molar-refractivity contribution is -0.141. The van der Waals surface area contributed by atoms with Gasteiger partial charge in [0, 0.05) is 12.8 Å². The molecule has 2 saturated carbocycles. The molecule has 0 aromatic heterocycles. The number of ketones is 1. The molecule has 2 rings (SSSR count). The van der Waals surface area contributed by atoms with Crippen LogP contribution in [0.4, 0.5) is 0 Å². The van der Waals surface area contributed by atoms with Crippen LogP contribution in [-0.2, 0) is 4.79 Å². The van der Waals surface area contributed by atoms with Crippen molar-refractivity contribution in [2.45, 2.75) is 46.5 Å². The fourth-order valence-corrected chi connectivity index (χ4v) is 2.49. The fourth-order valence-electron chi connectivity index (χ4n) is 2.49. The predicted molar refractivity (Wildman–Crippen MR) is 46.4 cm³/mol. The van der Waals surface area contributed by atoms with Gasteiger partial charge in [-0.2, -0.15) is 0 Å². The van der Waals surface area contributed by atoms with Crippen LogP contribution >= 0.6 is 0 Å². The second-order valence-corrected chi connectivity index (χ2v) is 3.91. The highest BCUT2D eigenvalue weighted by molar-refractivity contribution is 5.86. The molecule has 1 heteroatoms. The van der Waals surface area contributed by atoms with Crippen molar-refractivity contribution < 1.29 is 4.79 Å². The minimum atomic E-state index is 0.488. The van der Waals surface area contributed by atoms with E-state index >= 15 is 0 Å². The van der Waals surface area contributed by atoms with E-state index in [0.29, 0.717) is 11.2 Å². The Kier molecular flexibility index (Phi) is 2.36. The molecule has 0 radical (unpaired) electrons. The zero-order valence-corrected chi connectivity index (χ0v) is 7.81. The third kappa shape index (κ3) is 1.47. The highest BCUT2D eigenvalue weighted by atomic mass is 16.1. The number of carbonyl (C=O) groups is 1. The highest BCUT2D eigenvalue weighted by Crippen LogP contribution is 2.56. The van der Waals surface area contributed by atoms with Gasteiger partial charge in [0.2, 0.25) is 0 Å². The van der Waals surface area contributed by atoms with Crippen LogP contribution in [0.1, 0.15) is 46.5 Å². The summed E-state index contributed by atoms with van der Waals surface area (Å²) in [6.07, 6.45) is 4.44. The van der Waals surface area contributed by atoms with Gasteiger partial charge in [-0.15, -0.1) is 0 Å². The summed E-state index contributed by atoms with van der Waals surface area (Å²) in [7, 11) is 0. The molecule has 11 heavy (non-hydrogen) atoms. The first kappa shape index (κ1) is 8.76. The van der Waals surface area contributed by atoms with Crippen LogP contribution in [0.15, 0.2) is 0 Å². The van der Waals surface area contributed by atoms with E-state index in [1.807, 2.05) is 13.8 Å². The van der Waals surface area contributed by atoms with Gasteiger partial charge in [-0.1, -0.05) is 20.8 Å². The molecule has 2 aliphatic rings. The summed E-state index contributed by atoms with van der Waals surface area (Å²) in [6.45, 7) is 6.27. The molecule has 0 heterocycles. The van der Waals surface area contributed by atoms with Crippen molar-refractivity contribution in [3.8, 4) is 0 Å². The Morgan fingerprint density at radius 2 is 1.73 bits per heavy atom. The van der Waals surface area contributed by atoms with Gasteiger partial charge in [-0.25, -0.2) is 0 Å². The SMILES string of the molecule is CC.CC1CC2(CC(=O)C2)C1. The Hall–Kier alpha value is -0.330. The zero-order chi connectivity index (χ0) is 8.48. The lowest BCUT2D eigenvalue weighted by Gasteiger charge is -2.52. The van der Waals surface area contributed by atoms with E-state index in [9.17, 15) is 4.79 Å². The average Bonchev–Trinajstić information content (AvgIpc) is 1.86. The van der Waals surface area contributed by atoms with Gasteiger partial charge in [0.05, 0.1) is 0 Å². The molecule has 2 fully saturated rings. The van der Waals surface area contributed by atoms with Crippen LogP contribution in [0, 0.1) is 11.3 Å². The summed E-state index contributed by atoms with van der Waals surface area (Å²) in [6, 6.07) is 0. The molecule has 1 nitrogen and oxygen atoms in total. The monoisotopic (exact) mass is 154 g/mol. The van der Waals surface area contributed by atoms with Crippen LogP contribution in [0.2, 0.25) is 0 Å². The van der Waals surface area contributed by atoms with Crippen molar-refractivity contribution in [1.82, 2.24) is 0 Å². The Morgan fingerprint density at radius 1 is 1.27 bits per heavy atom. The Labute approximate surface area is 69.2 Å². The second-order valence-electron chi connectivity index (χ2n) is 3.91. The molecule has 0 saturated heterocycles. The number of hydrogen-bond donors (Lipinski definition) is 0. The van der Waals surface area contributed by atoms with Gasteiger partial charge >= 0.3 is 0 Å². The molecule has 0 N–H and O–H groups in total. The van der Waals surface area contributed by atoms with Crippen LogP contribution in [0.5, 0.6) is 0 Å². The fraction of sp³-hybridized carbons (Fsp3) is 0.900. The largest absolute Gasteiger partial charge is 0.300 e. The van der Waals surface area contributed by atoms with Gasteiger partial charge in [-0.3, -0.25) is 4.79 Å². The van der Waals surface area contributed by atoms with Gasteiger partial charge in [0.25, 0.3) is 0 Å². The summed E-state index contributed by atoms with van der Waals surface area (Å²) in [5.41, 5.74) is 0.538. The van der Waals surface area contributed by atoms with Crippen molar-refractivity contribution in [3.63, 3.8) is 0 Å². The van der Waals surface area contributed by atoms with Crippen molar-refractivity contribution in [2.75, 3.05) is 0 Å². The van der Waals surface area contributed by atoms with E-state index in [0.717, 1.165) is 18.8 Å². The maximum atomic E-state index is 10.6. The lowest BCUT2D eigenvalue weighted by Crippen LogP contribution is -2.46. The molecule has 0 aromatic carbocycles. The summed E-state index contributed by atoms with van der Waals surface area (Å²) in [4.78, 5) is 10.6. The third-order valence-corrected chi connectivity index (χ3v) is 2.71. The van der Waals surface area contributed by atoms with Gasteiger partial charge in [-0.05, 0) is 24.2 Å². The maximum absolute atomic E-state index is 10.6. The molecule has 1 spiro atoms. The summed E-state index contributed by atoms with van der Waals surface area (Å²) in [5, 5.41) is 0. The normalized spacial score (nSPS) is 26.6. The number of rotatable bonds is 0. The molecule has 0 atom stereocenters. The second kappa shape index (κ2) is 2.96. The average molecular weight is 154 g/mol. The standard InChI is InChI=1S/C8H12O.C2H6/c1-6-2-8(3-6)4-7(9)5-8;1-2/h6H,2-5H2,1H3;1-2H3. The Morgan fingerprint density at radius 3 is 2.00 bits per heavy atom. The van der Waals surface area contributed by atoms with Crippen LogP contribution in [0.3, 0.4) is 0 Å². The number of hydrogen-bond acceptors (Lipinski definition) is 1. The van der Waals surface area contributed by atoms with E-state index in [-0.39, 0.29) is 0 Å². The molecule has 64 valence electrons. The van der Waals surface area contributed by atoms with E-state index in [1.54, 1.807) is 0 Å². The molecular weight excluding hydrogens is 136 g/mol. The van der Waals surface area contributed by atoms with Crippen LogP contribution in [-0.4, -0.2) is 5.78 Å². The Bertz CT molecular complexity index is 144. The van der Waals surface area contributed by atoms with Crippen molar-refractivity contribution in [2.24, 2.45) is 11.3 Å². The number of carbonyl (C=O) groups excluding carboxylic acids is 1. The Balaban J connectivity index is 0.000000281. The summed E-state index contributed by atoms with van der Waals surface area (Å²) < 4.78 is 0. The zero-order valence-electron chi connectivity index (χ0n) is 7.81. The molecule has 0 bridgehead atoms. The van der Waals surface area contributed by atoms with Gasteiger partial charge in [0.1, 0.15) is 5.78 Å². The lowest BCUT2D eigenvalue weighted by atomic mass is 9.52. The van der Waals surface area contributed by atoms with E-state index in [1.165, 1.54) is 12.8 Å². The molecule has 0 aliphatic heterocycles. The minimum absolute atomic E-state index is 0.488. The summed E-state index contributed by atoms with van der Waals surface area (Å²) >= 11 is 0. The van der Waals surface area contributed by atoms with Crippen molar-refractivity contribution >= 4 is 5.78 Å². The molecular formula is C10H18O. The maximum Gasteiger partial charge on any atom is 0.134 e. The van der Waals surface area contributed by atoms with Crippen LogP contribution < -0.4 is 0 Å². The van der Waals surface area contributed by atoms with E-state index < -0.39 is 0 Å². The molecule has 0 aromatic rings. The quantitative estimate of drug-likeness (QED) is 0.524. The smallest absolute Gasteiger partial charge is 0.134 e. The summed E-state index contributed by atoms with van der Waals surface area (Å²) in [5.74, 6) is 1.39. The minimum Gasteiger partial charge on any atom is -0.300 e. The van der Waals surface area contributed by atoms with Crippen molar-refractivity contribution in [3.05, 3.63) is 0 Å². The number of Topliss-reactive ketones (excluding diaryl/α,β-unsaturated/α-hetero) is 1. The predicted octanol–water partition coefficient (Wildman–Crippen LogP) is 2.79. The topological polar surface area (TPSA) is 17.1 Å². The molecule has 2 aliphatic carbocycles. The van der Waals surface area contributed by atoms with E-state index in [4.69, 9.17) is 0 Å². The van der Waals surface area contributed by atoms with Gasteiger partial charge < -0.3 is 0 Å². The highest BCUT2D eigenvalue weighted by Gasteiger charge is 2.50. The van der Waals surface area contributed by atoms with Gasteiger partial charge in [0.15, 0.2) is 0 Å². The third-order valence-electron chi connectivity index (χ3n) is 2.71. The van der Waals surface area contributed by atoms with Crippen LogP contribution in [0.25, 0.3) is 0 Å².